The quantitative estimate of drug-likeness (QED) is 0.160. The van der Waals surface area contributed by atoms with Crippen LogP contribution in [0.3, 0.4) is 0 Å². The molecule has 0 aliphatic carbocycles. The summed E-state index contributed by atoms with van der Waals surface area (Å²) in [6, 6.07) is 80.0. The van der Waals surface area contributed by atoms with E-state index < -0.39 is 0 Å². The van der Waals surface area contributed by atoms with Gasteiger partial charge >= 0.3 is 0 Å². The van der Waals surface area contributed by atoms with E-state index in [0.717, 1.165) is 0 Å². The maximum absolute atomic E-state index is 15.3. The van der Waals surface area contributed by atoms with Crippen LogP contribution in [0.4, 0.5) is 0 Å². The predicted octanol–water partition coefficient (Wildman–Crippen LogP) is 18.0. The van der Waals surface area contributed by atoms with Crippen LogP contribution in [0.25, 0.3) is 218 Å². The number of benzene rings is 16. The van der Waals surface area contributed by atoms with Crippen LogP contribution in [0.2, 0.25) is 0 Å². The average Bonchev–Trinajstić information content (AvgIpc) is 1.52. The molecule has 4 aromatic heterocycles. The van der Waals surface area contributed by atoms with E-state index in [1.165, 1.54) is 0 Å². The highest BCUT2D eigenvalue weighted by atomic mass is 16.1. The molecule has 0 radical (unpaired) electrons. The van der Waals surface area contributed by atoms with Crippen molar-refractivity contribution in [2.24, 2.45) is 0 Å². The van der Waals surface area contributed by atoms with E-state index in [2.05, 4.69) is 9.97 Å². The number of aromatic amines is 2. The smallest absolute Gasteiger partial charge is 0.194 e. The molecular weight excluding hydrogens is 1290 g/mol. The van der Waals surface area contributed by atoms with Gasteiger partial charge in [0.05, 0.1) is 44.1 Å². The lowest BCUT2D eigenvalue weighted by molar-refractivity contribution is 1.49. The summed E-state index contributed by atoms with van der Waals surface area (Å²) in [5.41, 5.74) is 4.98. The monoisotopic (exact) mass is 1330 g/mol. The van der Waals surface area contributed by atoms with Crippen molar-refractivity contribution in [1.29, 1.82) is 0 Å². The lowest BCUT2D eigenvalue weighted by Gasteiger charge is -2.06. The Kier molecular flexibility index (Phi) is 12.2. The molecule has 12 nitrogen and oxygen atoms in total. The molecule has 8 bridgehead atoms. The van der Waals surface area contributed by atoms with Gasteiger partial charge in [-0.3, -0.25) is 38.4 Å². The fourth-order valence-electron chi connectivity index (χ4n) is 16.7. The highest BCUT2D eigenvalue weighted by Gasteiger charge is 2.28. The second kappa shape index (κ2) is 21.6. The van der Waals surface area contributed by atoms with Crippen LogP contribution in [0.1, 0.15) is 0 Å². The molecule has 0 unspecified atom stereocenters. The van der Waals surface area contributed by atoms with Gasteiger partial charge in [-0.2, -0.15) is 0 Å². The van der Waals surface area contributed by atoms with Gasteiger partial charge in [0.1, 0.15) is 0 Å². The third kappa shape index (κ3) is 8.06. The van der Waals surface area contributed by atoms with Crippen molar-refractivity contribution < 1.29 is 0 Å². The number of nitrogens with one attached hydrogen (secondary N) is 2. The fraction of sp³-hybridized carbons (Fsp3) is 0. The summed E-state index contributed by atoms with van der Waals surface area (Å²) in [6.45, 7) is 0. The van der Waals surface area contributed by atoms with Gasteiger partial charge < -0.3 is 9.97 Å². The van der Waals surface area contributed by atoms with E-state index >= 15 is 38.4 Å². The Morgan fingerprint density at radius 3 is 0.490 bits per heavy atom. The van der Waals surface area contributed by atoms with Gasteiger partial charge in [0.25, 0.3) is 0 Å². The van der Waals surface area contributed by atoms with Crippen molar-refractivity contribution in [2.75, 3.05) is 0 Å². The number of fused-ring (bicyclic) bond motifs is 8. The summed E-state index contributed by atoms with van der Waals surface area (Å²) in [4.78, 5) is 143. The van der Waals surface area contributed by atoms with Crippen LogP contribution >= 0.6 is 0 Å². The van der Waals surface area contributed by atoms with Crippen molar-refractivity contribution in [1.82, 2.24) is 19.9 Å². The average molecular weight is 1340 g/mol. The Morgan fingerprint density at radius 2 is 0.317 bits per heavy atom. The van der Waals surface area contributed by atoms with Gasteiger partial charge in [-0.25, -0.2) is 9.97 Å². The van der Waals surface area contributed by atoms with Gasteiger partial charge in [-0.15, -0.1) is 0 Å². The summed E-state index contributed by atoms with van der Waals surface area (Å²) >= 11 is 0. The summed E-state index contributed by atoms with van der Waals surface area (Å²) in [7, 11) is 0. The number of H-pyrrole nitrogens is 2. The SMILES string of the molecule is O=c1c2ccccc2c(=O)c2cc3c4nc(c(-c5ccccc5)c5[nH]c(c(-c6ccccc6)c6nc(c(-c7ccccc7)c7[nH]c(c4-c4ccccc4)c4cc8c(=O)c9ccccc9c(=O)c8cc74)c4cc7c(=O)c8ccccc8c(=O)c7cc64)c4cc6c(=O)c7ccccc7c(=O)c6cc54)c3cc12. The molecule has 2 N–H and O–H groups in total. The Bertz CT molecular complexity index is 6800. The van der Waals surface area contributed by atoms with Crippen molar-refractivity contribution in [3.05, 3.63) is 349 Å². The summed E-state index contributed by atoms with van der Waals surface area (Å²) < 4.78 is 0. The van der Waals surface area contributed by atoms with E-state index in [-0.39, 0.29) is 130 Å². The van der Waals surface area contributed by atoms with E-state index in [1.807, 2.05) is 121 Å². The standard InChI is InChI=1S/C92H46N4O8/c97-85-49-29-13-15-31-51(49)87(99)67-39-59-57(37-65(67)85)77-73(45-21-5-1-6-22-45)78-58-38-66-68(88(100)52-32-16-14-30-50(52)86(66)98)40-60(58)80(94-78)75(47-25-9-3-10-26-47)82-62-42-70-72(92(104)56-36-20-18-34-54(56)90(70)102)44-64(62)84(96-82)76(48-27-11-4-12-28-48)83-63-43-71-69(89(101)53-33-17-19-35-55(53)91(71)103)41-61(63)81(95-83)74(79(59)93-77)46-23-7-2-8-24-46/h1-44,93,96H. The van der Waals surface area contributed by atoms with Crippen molar-refractivity contribution in [2.45, 2.75) is 0 Å². The molecular formula is C92H46N4O8. The molecule has 104 heavy (non-hydrogen) atoms. The fourth-order valence-corrected chi connectivity index (χ4v) is 16.7. The number of rotatable bonds is 4. The number of hydrogen-bond acceptors (Lipinski definition) is 10. The zero-order chi connectivity index (χ0) is 69.7. The maximum atomic E-state index is 15.3. The molecule has 4 heterocycles. The Morgan fingerprint density at radius 1 is 0.163 bits per heavy atom. The summed E-state index contributed by atoms with van der Waals surface area (Å²) in [5.74, 6) is 0. The molecule has 0 amide bonds. The van der Waals surface area contributed by atoms with Crippen molar-refractivity contribution in [3.63, 3.8) is 0 Å². The third-order valence-electron chi connectivity index (χ3n) is 21.5. The highest BCUT2D eigenvalue weighted by Crippen LogP contribution is 2.48. The molecule has 482 valence electrons. The van der Waals surface area contributed by atoms with Crippen LogP contribution in [-0.4, -0.2) is 19.9 Å². The van der Waals surface area contributed by atoms with Crippen molar-refractivity contribution in [3.8, 4) is 44.5 Å². The van der Waals surface area contributed by atoms with E-state index in [9.17, 15) is 0 Å². The molecule has 0 aliphatic rings. The van der Waals surface area contributed by atoms with Crippen LogP contribution in [-0.2, 0) is 0 Å². The van der Waals surface area contributed by atoms with Gasteiger partial charge in [0, 0.05) is 152 Å². The first-order valence-corrected chi connectivity index (χ1v) is 34.1. The first-order valence-electron chi connectivity index (χ1n) is 34.1. The molecule has 0 atom stereocenters. The molecule has 21 rings (SSSR count). The number of hydrogen-bond donors (Lipinski definition) is 2. The largest absolute Gasteiger partial charge is 0.353 e. The molecule has 12 heteroatoms. The van der Waals surface area contributed by atoms with E-state index in [0.29, 0.717) is 132 Å². The number of nitrogens with zero attached hydrogens (tertiary/aromatic N) is 2. The Labute approximate surface area is 583 Å². The van der Waals surface area contributed by atoms with Crippen LogP contribution in [0.15, 0.2) is 305 Å². The minimum Gasteiger partial charge on any atom is -0.353 e. The zero-order valence-electron chi connectivity index (χ0n) is 54.6. The molecule has 17 aromatic carbocycles. The zero-order valence-corrected chi connectivity index (χ0v) is 54.6. The van der Waals surface area contributed by atoms with Crippen LogP contribution < -0.4 is 43.4 Å². The highest BCUT2D eigenvalue weighted by molar-refractivity contribution is 6.31. The summed E-state index contributed by atoms with van der Waals surface area (Å²) in [5, 5.41) is 7.28. The van der Waals surface area contributed by atoms with Gasteiger partial charge in [-0.1, -0.05) is 218 Å². The molecule has 0 spiro atoms. The minimum absolute atomic E-state index is 0.162. The normalized spacial score (nSPS) is 12.2. The molecule has 0 saturated heterocycles. The third-order valence-corrected chi connectivity index (χ3v) is 21.5. The number of aromatic nitrogens is 4. The molecule has 0 fully saturated rings. The maximum Gasteiger partial charge on any atom is 0.194 e. The Balaban J connectivity index is 1.14. The van der Waals surface area contributed by atoms with Crippen LogP contribution in [0.5, 0.6) is 0 Å². The van der Waals surface area contributed by atoms with E-state index in [1.54, 1.807) is 146 Å². The lowest BCUT2D eigenvalue weighted by Crippen LogP contribution is -2.12. The van der Waals surface area contributed by atoms with Gasteiger partial charge in [0.2, 0.25) is 0 Å². The molecule has 21 aromatic rings. The minimum atomic E-state index is -0.359. The molecule has 0 aliphatic heterocycles. The first-order chi connectivity index (χ1) is 50.9. The topological polar surface area (TPSA) is 194 Å². The van der Waals surface area contributed by atoms with E-state index in [4.69, 9.17) is 9.97 Å². The first kappa shape index (κ1) is 58.6. The van der Waals surface area contributed by atoms with Crippen LogP contribution in [0, 0.1) is 0 Å². The predicted molar refractivity (Wildman–Crippen MR) is 425 cm³/mol. The summed E-state index contributed by atoms with van der Waals surface area (Å²) in [6.07, 6.45) is 0. The van der Waals surface area contributed by atoms with Gasteiger partial charge in [0.15, 0.2) is 43.4 Å². The Hall–Kier alpha value is -14.4. The van der Waals surface area contributed by atoms with Gasteiger partial charge in [-0.05, 0) is 70.8 Å². The second-order valence-corrected chi connectivity index (χ2v) is 26.9. The second-order valence-electron chi connectivity index (χ2n) is 26.9. The lowest BCUT2D eigenvalue weighted by atomic mass is 9.94. The molecule has 0 saturated carbocycles. The van der Waals surface area contributed by atoms with Crippen molar-refractivity contribution >= 4 is 173 Å².